The Labute approximate surface area is 165 Å². The number of hydrogen-bond donors (Lipinski definition) is 2. The molecule has 0 fully saturated rings. The molecule has 2 rings (SSSR count). The first kappa shape index (κ1) is 21.6. The number of aliphatic imine (C=N–C) groups is 1. The van der Waals surface area contributed by atoms with Crippen molar-refractivity contribution >= 4 is 28.6 Å². The van der Waals surface area contributed by atoms with Crippen LogP contribution in [-0.2, 0) is 24.4 Å². The van der Waals surface area contributed by atoms with Crippen molar-refractivity contribution in [3.8, 4) is 0 Å². The molecule has 0 aromatic carbocycles. The van der Waals surface area contributed by atoms with Gasteiger partial charge in [-0.25, -0.2) is 9.97 Å². The number of alkyl halides is 3. The molecule has 150 valence electrons. The Morgan fingerprint density at radius 2 is 1.44 bits per heavy atom. The largest absolute Gasteiger partial charge is 0.434 e. The van der Waals surface area contributed by atoms with Crippen LogP contribution in [0.4, 0.5) is 13.2 Å². The molecule has 0 aliphatic heterocycles. The van der Waals surface area contributed by atoms with E-state index in [1.165, 1.54) is 0 Å². The number of halogens is 3. The van der Waals surface area contributed by atoms with E-state index >= 15 is 0 Å². The van der Waals surface area contributed by atoms with Crippen molar-refractivity contribution < 1.29 is 13.2 Å². The lowest BCUT2D eigenvalue weighted by Gasteiger charge is -2.14. The maximum Gasteiger partial charge on any atom is 0.434 e. The van der Waals surface area contributed by atoms with Gasteiger partial charge in [0.25, 0.3) is 0 Å². The first-order chi connectivity index (χ1) is 12.6. The minimum absolute atomic E-state index is 0.0432. The molecule has 0 spiro atoms. The van der Waals surface area contributed by atoms with Crippen molar-refractivity contribution in [3.63, 3.8) is 0 Å². The van der Waals surface area contributed by atoms with Crippen LogP contribution >= 0.6 is 22.7 Å². The molecule has 0 atom stereocenters. The predicted molar refractivity (Wildman–Crippen MR) is 105 cm³/mol. The average Bonchev–Trinajstić information content (AvgIpc) is 3.21. The van der Waals surface area contributed by atoms with E-state index < -0.39 is 11.9 Å². The summed E-state index contributed by atoms with van der Waals surface area (Å²) in [6, 6.07) is 0. The van der Waals surface area contributed by atoms with Crippen molar-refractivity contribution in [1.29, 1.82) is 0 Å². The SMILES string of the molecule is CN=C(NCCc1nc(C(C)(C)C)cs1)NCCc1nc(C(F)(F)F)cs1. The maximum atomic E-state index is 12.5. The molecule has 5 nitrogen and oxygen atoms in total. The lowest BCUT2D eigenvalue weighted by molar-refractivity contribution is -0.140. The highest BCUT2D eigenvalue weighted by Gasteiger charge is 2.33. The van der Waals surface area contributed by atoms with E-state index in [9.17, 15) is 13.2 Å². The highest BCUT2D eigenvalue weighted by molar-refractivity contribution is 7.09. The normalized spacial score (nSPS) is 13.1. The predicted octanol–water partition coefficient (Wildman–Crippen LogP) is 3.87. The van der Waals surface area contributed by atoms with Crippen LogP contribution in [0.3, 0.4) is 0 Å². The Morgan fingerprint density at radius 1 is 0.963 bits per heavy atom. The zero-order valence-electron chi connectivity index (χ0n) is 15.8. The van der Waals surface area contributed by atoms with E-state index in [-0.39, 0.29) is 5.41 Å². The van der Waals surface area contributed by atoms with Crippen LogP contribution in [0.2, 0.25) is 0 Å². The summed E-state index contributed by atoms with van der Waals surface area (Å²) in [6.07, 6.45) is -3.20. The van der Waals surface area contributed by atoms with Gasteiger partial charge in [-0.05, 0) is 0 Å². The van der Waals surface area contributed by atoms with Gasteiger partial charge in [0.05, 0.1) is 15.7 Å². The van der Waals surface area contributed by atoms with Gasteiger partial charge in [-0.3, -0.25) is 4.99 Å². The van der Waals surface area contributed by atoms with Gasteiger partial charge in [0, 0.05) is 49.2 Å². The fourth-order valence-electron chi connectivity index (χ4n) is 2.12. The maximum absolute atomic E-state index is 12.5. The van der Waals surface area contributed by atoms with E-state index in [2.05, 4.69) is 51.7 Å². The standard InChI is InChI=1S/C17H24F3N5S2/c1-16(2,3)11-9-26-13(24-11)5-7-22-15(21-4)23-8-6-14-25-12(10-27-14)17(18,19)20/h9-10H,5-8H2,1-4H3,(H2,21,22,23). The van der Waals surface area contributed by atoms with E-state index in [4.69, 9.17) is 0 Å². The number of nitrogens with zero attached hydrogens (tertiary/aromatic N) is 3. The summed E-state index contributed by atoms with van der Waals surface area (Å²) in [5, 5.41) is 10.9. The summed E-state index contributed by atoms with van der Waals surface area (Å²) in [5.74, 6) is 0.607. The third-order valence-electron chi connectivity index (χ3n) is 3.65. The first-order valence-corrected chi connectivity index (χ1v) is 10.3. The number of rotatable bonds is 6. The number of guanidine groups is 1. The second-order valence-electron chi connectivity index (χ2n) is 6.93. The second-order valence-corrected chi connectivity index (χ2v) is 8.81. The molecule has 2 heterocycles. The minimum atomic E-state index is -4.39. The third-order valence-corrected chi connectivity index (χ3v) is 5.47. The molecule has 10 heteroatoms. The fourth-order valence-corrected chi connectivity index (χ4v) is 3.95. The zero-order chi connectivity index (χ0) is 20.1. The Hall–Kier alpha value is -1.68. The van der Waals surface area contributed by atoms with Crippen molar-refractivity contribution in [2.75, 3.05) is 20.1 Å². The lowest BCUT2D eigenvalue weighted by atomic mass is 9.93. The Morgan fingerprint density at radius 3 is 1.81 bits per heavy atom. The number of thiazole rings is 2. The van der Waals surface area contributed by atoms with E-state index in [1.807, 2.05) is 0 Å². The molecule has 0 aliphatic rings. The molecular weight excluding hydrogens is 395 g/mol. The molecule has 27 heavy (non-hydrogen) atoms. The lowest BCUT2D eigenvalue weighted by Crippen LogP contribution is -2.39. The molecule has 0 bridgehead atoms. The molecule has 2 aromatic rings. The Kier molecular flexibility index (Phi) is 7.21. The van der Waals surface area contributed by atoms with Crippen molar-refractivity contribution in [3.05, 3.63) is 32.2 Å². The van der Waals surface area contributed by atoms with Gasteiger partial charge in [0.1, 0.15) is 0 Å². The van der Waals surface area contributed by atoms with Gasteiger partial charge in [0.2, 0.25) is 0 Å². The molecule has 0 saturated carbocycles. The molecule has 2 N–H and O–H groups in total. The van der Waals surface area contributed by atoms with Crippen LogP contribution in [0, 0.1) is 0 Å². The van der Waals surface area contributed by atoms with E-state index in [1.54, 1.807) is 18.4 Å². The van der Waals surface area contributed by atoms with Crippen LogP contribution in [-0.4, -0.2) is 36.1 Å². The van der Waals surface area contributed by atoms with Crippen LogP contribution < -0.4 is 10.6 Å². The highest BCUT2D eigenvalue weighted by atomic mass is 32.1. The zero-order valence-corrected chi connectivity index (χ0v) is 17.4. The van der Waals surface area contributed by atoms with Gasteiger partial charge in [0.15, 0.2) is 11.7 Å². The van der Waals surface area contributed by atoms with Crippen LogP contribution in [0.1, 0.15) is 42.2 Å². The summed E-state index contributed by atoms with van der Waals surface area (Å²) in [7, 11) is 1.65. The average molecular weight is 420 g/mol. The van der Waals surface area contributed by atoms with Crippen molar-refractivity contribution in [2.24, 2.45) is 4.99 Å². The number of hydrogen-bond acceptors (Lipinski definition) is 5. The van der Waals surface area contributed by atoms with Crippen LogP contribution in [0.15, 0.2) is 15.8 Å². The van der Waals surface area contributed by atoms with Crippen LogP contribution in [0.5, 0.6) is 0 Å². The first-order valence-electron chi connectivity index (χ1n) is 8.50. The Balaban J connectivity index is 1.73. The minimum Gasteiger partial charge on any atom is -0.356 e. The van der Waals surface area contributed by atoms with Gasteiger partial charge in [-0.15, -0.1) is 22.7 Å². The van der Waals surface area contributed by atoms with Gasteiger partial charge in [-0.1, -0.05) is 20.8 Å². The summed E-state index contributed by atoms with van der Waals surface area (Å²) >= 11 is 2.66. The molecule has 0 amide bonds. The van der Waals surface area contributed by atoms with Crippen molar-refractivity contribution in [1.82, 2.24) is 20.6 Å². The fraction of sp³-hybridized carbons (Fsp3) is 0.588. The highest BCUT2D eigenvalue weighted by Crippen LogP contribution is 2.30. The number of nitrogens with one attached hydrogen (secondary N) is 2. The summed E-state index contributed by atoms with van der Waals surface area (Å²) in [6.45, 7) is 7.53. The quantitative estimate of drug-likeness (QED) is 0.551. The Bertz CT molecular complexity index is 699. The summed E-state index contributed by atoms with van der Waals surface area (Å²) in [4.78, 5) is 12.4. The molecule has 0 aliphatic carbocycles. The number of aromatic nitrogens is 2. The van der Waals surface area contributed by atoms with E-state index in [0.29, 0.717) is 30.5 Å². The molecule has 0 saturated heterocycles. The van der Waals surface area contributed by atoms with Gasteiger partial charge < -0.3 is 10.6 Å². The molecule has 2 aromatic heterocycles. The van der Waals surface area contributed by atoms with Crippen LogP contribution in [0.25, 0.3) is 0 Å². The molecular formula is C17H24F3N5S2. The summed E-state index contributed by atoms with van der Waals surface area (Å²) < 4.78 is 37.6. The summed E-state index contributed by atoms with van der Waals surface area (Å²) in [5.41, 5.74) is 0.302. The van der Waals surface area contributed by atoms with Crippen molar-refractivity contribution in [2.45, 2.75) is 45.2 Å². The third kappa shape index (κ3) is 6.76. The van der Waals surface area contributed by atoms with Gasteiger partial charge in [-0.2, -0.15) is 13.2 Å². The van der Waals surface area contributed by atoms with E-state index in [0.717, 1.165) is 33.8 Å². The molecule has 0 unspecified atom stereocenters. The van der Waals surface area contributed by atoms with Gasteiger partial charge >= 0.3 is 6.18 Å². The monoisotopic (exact) mass is 419 g/mol. The topological polar surface area (TPSA) is 62.2 Å². The second kappa shape index (κ2) is 9.01. The smallest absolute Gasteiger partial charge is 0.356 e. The molecule has 0 radical (unpaired) electrons.